The number of imidazole rings is 1. The molecule has 4 heteroatoms. The van der Waals surface area contributed by atoms with E-state index in [2.05, 4.69) is 11.1 Å². The Labute approximate surface area is 115 Å². The standard InChI is InChI=1S/C15H12ClFN2/c1-9-5-10(2)19-14(8-18-15(19)6-9)12-4-3-11(17)7-13(12)16/h3-8H,1-2H3. The fourth-order valence-electron chi connectivity index (χ4n) is 2.37. The Morgan fingerprint density at radius 2 is 1.95 bits per heavy atom. The second-order valence-corrected chi connectivity index (χ2v) is 5.04. The molecule has 2 heterocycles. The van der Waals surface area contributed by atoms with Crippen molar-refractivity contribution in [2.75, 3.05) is 0 Å². The molecular weight excluding hydrogens is 263 g/mol. The van der Waals surface area contributed by atoms with E-state index in [0.717, 1.165) is 28.2 Å². The summed E-state index contributed by atoms with van der Waals surface area (Å²) in [5, 5.41) is 0.391. The van der Waals surface area contributed by atoms with Gasteiger partial charge in [0.1, 0.15) is 11.5 Å². The van der Waals surface area contributed by atoms with Crippen LogP contribution in [0.2, 0.25) is 5.02 Å². The minimum Gasteiger partial charge on any atom is -0.297 e. The molecule has 0 amide bonds. The van der Waals surface area contributed by atoms with Crippen molar-refractivity contribution >= 4 is 17.2 Å². The second kappa shape index (κ2) is 4.35. The lowest BCUT2D eigenvalue weighted by Gasteiger charge is -2.08. The van der Waals surface area contributed by atoms with Gasteiger partial charge in [0.25, 0.3) is 0 Å². The lowest BCUT2D eigenvalue weighted by Crippen LogP contribution is -1.95. The normalized spacial score (nSPS) is 11.2. The second-order valence-electron chi connectivity index (χ2n) is 4.64. The highest BCUT2D eigenvalue weighted by Gasteiger charge is 2.12. The summed E-state index contributed by atoms with van der Waals surface area (Å²) in [6, 6.07) is 8.49. The van der Waals surface area contributed by atoms with Crippen molar-refractivity contribution in [3.05, 3.63) is 58.6 Å². The number of pyridine rings is 1. The summed E-state index contributed by atoms with van der Waals surface area (Å²) in [5.41, 5.74) is 4.75. The molecule has 96 valence electrons. The van der Waals surface area contributed by atoms with Crippen molar-refractivity contribution in [1.82, 2.24) is 9.38 Å². The molecule has 0 fully saturated rings. The molecule has 19 heavy (non-hydrogen) atoms. The fraction of sp³-hybridized carbons (Fsp3) is 0.133. The molecule has 0 atom stereocenters. The molecule has 0 saturated carbocycles. The van der Waals surface area contributed by atoms with Gasteiger partial charge >= 0.3 is 0 Å². The summed E-state index contributed by atoms with van der Waals surface area (Å²) in [6.07, 6.45) is 1.76. The Balaban J connectivity index is 2.31. The Bertz CT molecular complexity index is 777. The molecule has 1 aromatic carbocycles. The zero-order chi connectivity index (χ0) is 13.6. The third-order valence-corrected chi connectivity index (χ3v) is 3.45. The first kappa shape index (κ1) is 12.2. The van der Waals surface area contributed by atoms with Crippen molar-refractivity contribution in [2.45, 2.75) is 13.8 Å². The van der Waals surface area contributed by atoms with E-state index in [1.54, 1.807) is 12.3 Å². The van der Waals surface area contributed by atoms with Crippen molar-refractivity contribution in [2.24, 2.45) is 0 Å². The monoisotopic (exact) mass is 274 g/mol. The maximum absolute atomic E-state index is 13.1. The minimum absolute atomic E-state index is 0.338. The van der Waals surface area contributed by atoms with Crippen LogP contribution in [-0.4, -0.2) is 9.38 Å². The van der Waals surface area contributed by atoms with Gasteiger partial charge in [-0.2, -0.15) is 0 Å². The van der Waals surface area contributed by atoms with Crippen LogP contribution in [0.1, 0.15) is 11.3 Å². The Morgan fingerprint density at radius 3 is 2.68 bits per heavy atom. The lowest BCUT2D eigenvalue weighted by molar-refractivity contribution is 0.628. The van der Waals surface area contributed by atoms with Crippen molar-refractivity contribution in [3.63, 3.8) is 0 Å². The zero-order valence-corrected chi connectivity index (χ0v) is 11.4. The van der Waals surface area contributed by atoms with Crippen LogP contribution in [0, 0.1) is 19.7 Å². The molecule has 0 aliphatic carbocycles. The van der Waals surface area contributed by atoms with Gasteiger partial charge in [-0.05, 0) is 49.7 Å². The van der Waals surface area contributed by atoms with E-state index in [4.69, 9.17) is 11.6 Å². The molecule has 0 saturated heterocycles. The van der Waals surface area contributed by atoms with Crippen LogP contribution in [0.5, 0.6) is 0 Å². The molecule has 0 bridgehead atoms. The van der Waals surface area contributed by atoms with E-state index in [1.165, 1.54) is 12.1 Å². The number of hydrogen-bond donors (Lipinski definition) is 0. The summed E-state index contributed by atoms with van der Waals surface area (Å²) in [5.74, 6) is -0.338. The molecule has 3 rings (SSSR count). The molecule has 2 aromatic heterocycles. The highest BCUT2D eigenvalue weighted by molar-refractivity contribution is 6.33. The maximum Gasteiger partial charge on any atom is 0.137 e. The van der Waals surface area contributed by atoms with Gasteiger partial charge in [0.05, 0.1) is 16.9 Å². The van der Waals surface area contributed by atoms with Gasteiger partial charge in [0.2, 0.25) is 0 Å². The number of nitrogens with zero attached hydrogens (tertiary/aromatic N) is 2. The quantitative estimate of drug-likeness (QED) is 0.642. The van der Waals surface area contributed by atoms with Gasteiger partial charge in [0, 0.05) is 11.3 Å². The van der Waals surface area contributed by atoms with Gasteiger partial charge in [-0.3, -0.25) is 4.40 Å². The summed E-state index contributed by atoms with van der Waals surface area (Å²) >= 11 is 6.12. The number of aromatic nitrogens is 2. The number of fused-ring (bicyclic) bond motifs is 1. The van der Waals surface area contributed by atoms with Gasteiger partial charge in [0.15, 0.2) is 0 Å². The van der Waals surface area contributed by atoms with Gasteiger partial charge in [-0.1, -0.05) is 11.6 Å². The average Bonchev–Trinajstić information content (AvgIpc) is 2.72. The molecule has 2 nitrogen and oxygen atoms in total. The third-order valence-electron chi connectivity index (χ3n) is 3.14. The molecular formula is C15H12ClFN2. The topological polar surface area (TPSA) is 17.3 Å². The first-order valence-electron chi connectivity index (χ1n) is 5.96. The molecule has 0 radical (unpaired) electrons. The molecule has 0 aliphatic rings. The van der Waals surface area contributed by atoms with E-state index in [-0.39, 0.29) is 5.82 Å². The third kappa shape index (κ3) is 2.00. The highest BCUT2D eigenvalue weighted by Crippen LogP contribution is 2.30. The predicted molar refractivity (Wildman–Crippen MR) is 75.1 cm³/mol. The first-order valence-corrected chi connectivity index (χ1v) is 6.34. The largest absolute Gasteiger partial charge is 0.297 e. The molecule has 0 N–H and O–H groups in total. The highest BCUT2D eigenvalue weighted by atomic mass is 35.5. The van der Waals surface area contributed by atoms with Crippen LogP contribution in [0.15, 0.2) is 36.5 Å². The summed E-state index contributed by atoms with van der Waals surface area (Å²) in [4.78, 5) is 4.39. The average molecular weight is 275 g/mol. The molecule has 3 aromatic rings. The maximum atomic E-state index is 13.1. The predicted octanol–water partition coefficient (Wildman–Crippen LogP) is 4.41. The first-order chi connectivity index (χ1) is 9.06. The van der Waals surface area contributed by atoms with Crippen LogP contribution in [-0.2, 0) is 0 Å². The van der Waals surface area contributed by atoms with Gasteiger partial charge in [-0.25, -0.2) is 9.37 Å². The van der Waals surface area contributed by atoms with Crippen LogP contribution >= 0.6 is 11.6 Å². The fourth-order valence-corrected chi connectivity index (χ4v) is 2.63. The van der Waals surface area contributed by atoms with E-state index in [1.807, 2.05) is 24.3 Å². The number of hydrogen-bond acceptors (Lipinski definition) is 1. The lowest BCUT2D eigenvalue weighted by atomic mass is 10.1. The summed E-state index contributed by atoms with van der Waals surface area (Å²) in [7, 11) is 0. The van der Waals surface area contributed by atoms with E-state index in [9.17, 15) is 4.39 Å². The Hall–Kier alpha value is -1.87. The van der Waals surface area contributed by atoms with Gasteiger partial charge in [-0.15, -0.1) is 0 Å². The molecule has 0 unspecified atom stereocenters. The smallest absolute Gasteiger partial charge is 0.137 e. The van der Waals surface area contributed by atoms with Crippen LogP contribution in [0.4, 0.5) is 4.39 Å². The van der Waals surface area contributed by atoms with E-state index < -0.39 is 0 Å². The van der Waals surface area contributed by atoms with Gasteiger partial charge < -0.3 is 0 Å². The van der Waals surface area contributed by atoms with E-state index >= 15 is 0 Å². The Morgan fingerprint density at radius 1 is 1.16 bits per heavy atom. The number of halogens is 2. The van der Waals surface area contributed by atoms with Crippen molar-refractivity contribution < 1.29 is 4.39 Å². The van der Waals surface area contributed by atoms with Crippen LogP contribution in [0.25, 0.3) is 16.9 Å². The SMILES string of the molecule is Cc1cc(C)n2c(-c3ccc(F)cc3Cl)cnc2c1. The summed E-state index contributed by atoms with van der Waals surface area (Å²) in [6.45, 7) is 4.05. The summed E-state index contributed by atoms with van der Waals surface area (Å²) < 4.78 is 15.1. The molecule has 0 aliphatic heterocycles. The van der Waals surface area contributed by atoms with Crippen molar-refractivity contribution in [1.29, 1.82) is 0 Å². The van der Waals surface area contributed by atoms with Crippen LogP contribution in [0.3, 0.4) is 0 Å². The van der Waals surface area contributed by atoms with Crippen LogP contribution < -0.4 is 0 Å². The van der Waals surface area contributed by atoms with E-state index in [0.29, 0.717) is 5.02 Å². The zero-order valence-electron chi connectivity index (χ0n) is 10.6. The van der Waals surface area contributed by atoms with Crippen molar-refractivity contribution in [3.8, 4) is 11.3 Å². The Kier molecular flexibility index (Phi) is 2.79. The number of aryl methyl sites for hydroxylation is 2. The number of rotatable bonds is 1. The molecule has 0 spiro atoms. The number of benzene rings is 1. The minimum atomic E-state index is -0.338.